The van der Waals surface area contributed by atoms with Crippen molar-refractivity contribution >= 4 is 33.2 Å². The number of anilines is 1. The lowest BCUT2D eigenvalue weighted by Gasteiger charge is -2.27. The first-order chi connectivity index (χ1) is 13.8. The number of morpholine rings is 1. The molecule has 2 aromatic carbocycles. The van der Waals surface area contributed by atoms with E-state index >= 15 is 0 Å². The van der Waals surface area contributed by atoms with Crippen LogP contribution in [0.15, 0.2) is 41.3 Å². The minimum atomic E-state index is -3.81. The summed E-state index contributed by atoms with van der Waals surface area (Å²) in [6, 6.07) is 10.3. The fraction of sp³-hybridized carbons (Fsp3) is 0.381. The molecular formula is C21H25ClN2O4S. The molecule has 0 aliphatic carbocycles. The van der Waals surface area contributed by atoms with Gasteiger partial charge >= 0.3 is 0 Å². The minimum absolute atomic E-state index is 0.0519. The van der Waals surface area contributed by atoms with Crippen LogP contribution in [0, 0.1) is 13.8 Å². The van der Waals surface area contributed by atoms with Gasteiger partial charge in [0.05, 0.1) is 18.2 Å². The normalized spacial score (nSPS) is 15.3. The Hall–Kier alpha value is -1.93. The Morgan fingerprint density at radius 3 is 2.48 bits per heavy atom. The molecule has 29 heavy (non-hydrogen) atoms. The zero-order valence-electron chi connectivity index (χ0n) is 16.8. The Labute approximate surface area is 177 Å². The van der Waals surface area contributed by atoms with Gasteiger partial charge in [0.15, 0.2) is 0 Å². The average molecular weight is 437 g/mol. The fourth-order valence-corrected chi connectivity index (χ4v) is 5.26. The Balaban J connectivity index is 1.99. The summed E-state index contributed by atoms with van der Waals surface area (Å²) >= 11 is 6.22. The van der Waals surface area contributed by atoms with E-state index in [2.05, 4.69) is 0 Å². The number of rotatable bonds is 5. The number of carbonyl (C=O) groups is 1. The van der Waals surface area contributed by atoms with Crippen molar-refractivity contribution in [2.75, 3.05) is 37.7 Å². The predicted molar refractivity (Wildman–Crippen MR) is 114 cm³/mol. The standard InChI is InChI=1S/C21H25ClN2O4S/c1-4-24(19-13-15(2)5-6-16(19)3)21(25)17-7-8-18(22)20(14-17)29(26,27)23-9-11-28-12-10-23/h5-8,13-14H,4,9-12H2,1-3H3. The summed E-state index contributed by atoms with van der Waals surface area (Å²) in [5.41, 5.74) is 3.11. The third kappa shape index (κ3) is 4.48. The molecule has 0 saturated carbocycles. The Bertz CT molecular complexity index is 1020. The van der Waals surface area contributed by atoms with Crippen LogP contribution in [0.25, 0.3) is 0 Å². The number of amides is 1. The van der Waals surface area contributed by atoms with Gasteiger partial charge in [0.2, 0.25) is 10.0 Å². The molecule has 1 heterocycles. The fourth-order valence-electron chi connectivity index (χ4n) is 3.35. The molecule has 8 heteroatoms. The van der Waals surface area contributed by atoms with E-state index in [0.29, 0.717) is 19.8 Å². The first-order valence-corrected chi connectivity index (χ1v) is 11.3. The van der Waals surface area contributed by atoms with Gasteiger partial charge in [-0.15, -0.1) is 0 Å². The summed E-state index contributed by atoms with van der Waals surface area (Å²) in [6.07, 6.45) is 0. The molecule has 3 rings (SSSR count). The van der Waals surface area contributed by atoms with E-state index in [1.807, 2.05) is 39.0 Å². The number of hydrogen-bond acceptors (Lipinski definition) is 4. The zero-order valence-corrected chi connectivity index (χ0v) is 18.4. The van der Waals surface area contributed by atoms with Gasteiger partial charge in [-0.3, -0.25) is 4.79 Å². The van der Waals surface area contributed by atoms with Crippen LogP contribution < -0.4 is 4.90 Å². The molecular weight excluding hydrogens is 412 g/mol. The van der Waals surface area contributed by atoms with Crippen LogP contribution in [-0.2, 0) is 14.8 Å². The minimum Gasteiger partial charge on any atom is -0.379 e. The number of halogens is 1. The van der Waals surface area contributed by atoms with E-state index in [1.165, 1.54) is 16.4 Å². The van der Waals surface area contributed by atoms with Crippen molar-refractivity contribution in [1.29, 1.82) is 0 Å². The Morgan fingerprint density at radius 1 is 1.14 bits per heavy atom. The Morgan fingerprint density at radius 2 is 1.83 bits per heavy atom. The molecule has 2 aromatic rings. The lowest BCUT2D eigenvalue weighted by molar-refractivity contribution is 0.0730. The van der Waals surface area contributed by atoms with Crippen molar-refractivity contribution in [2.24, 2.45) is 0 Å². The average Bonchev–Trinajstić information content (AvgIpc) is 2.72. The van der Waals surface area contributed by atoms with Crippen molar-refractivity contribution in [3.8, 4) is 0 Å². The molecule has 1 aliphatic heterocycles. The third-order valence-corrected chi connectivity index (χ3v) is 7.36. The van der Waals surface area contributed by atoms with Gasteiger partial charge in [0.1, 0.15) is 4.90 Å². The summed E-state index contributed by atoms with van der Waals surface area (Å²) in [4.78, 5) is 14.9. The highest BCUT2D eigenvalue weighted by molar-refractivity contribution is 7.89. The van der Waals surface area contributed by atoms with Crippen molar-refractivity contribution < 1.29 is 17.9 Å². The number of nitrogens with zero attached hydrogens (tertiary/aromatic N) is 2. The van der Waals surface area contributed by atoms with Gasteiger partial charge in [0.25, 0.3) is 5.91 Å². The second kappa shape index (κ2) is 8.83. The van der Waals surface area contributed by atoms with Crippen LogP contribution in [0.2, 0.25) is 5.02 Å². The van der Waals surface area contributed by atoms with Crippen molar-refractivity contribution in [3.05, 3.63) is 58.1 Å². The predicted octanol–water partition coefficient (Wildman–Crippen LogP) is 3.64. The Kier molecular flexibility index (Phi) is 6.63. The van der Waals surface area contributed by atoms with Gasteiger partial charge in [-0.25, -0.2) is 8.42 Å². The first-order valence-electron chi connectivity index (χ1n) is 9.52. The van der Waals surface area contributed by atoms with Gasteiger partial charge in [0, 0.05) is 30.9 Å². The van der Waals surface area contributed by atoms with Crippen LogP contribution in [0.5, 0.6) is 0 Å². The number of benzene rings is 2. The van der Waals surface area contributed by atoms with Gasteiger partial charge < -0.3 is 9.64 Å². The van der Waals surface area contributed by atoms with Gasteiger partial charge in [-0.05, 0) is 56.2 Å². The number of sulfonamides is 1. The number of hydrogen-bond donors (Lipinski definition) is 0. The molecule has 0 spiro atoms. The third-order valence-electron chi connectivity index (χ3n) is 4.98. The highest BCUT2D eigenvalue weighted by Crippen LogP contribution is 2.29. The zero-order chi connectivity index (χ0) is 21.2. The van der Waals surface area contributed by atoms with E-state index in [1.54, 1.807) is 11.0 Å². The number of carbonyl (C=O) groups excluding carboxylic acids is 1. The largest absolute Gasteiger partial charge is 0.379 e. The van der Waals surface area contributed by atoms with E-state index in [0.717, 1.165) is 16.8 Å². The maximum atomic E-state index is 13.3. The van der Waals surface area contributed by atoms with E-state index < -0.39 is 10.0 Å². The molecule has 1 fully saturated rings. The van der Waals surface area contributed by atoms with Crippen LogP contribution in [-0.4, -0.2) is 51.5 Å². The van der Waals surface area contributed by atoms with E-state index in [9.17, 15) is 13.2 Å². The lowest BCUT2D eigenvalue weighted by atomic mass is 10.1. The van der Waals surface area contributed by atoms with Crippen molar-refractivity contribution in [3.63, 3.8) is 0 Å². The summed E-state index contributed by atoms with van der Waals surface area (Å²) in [6.45, 7) is 7.47. The van der Waals surface area contributed by atoms with Crippen molar-refractivity contribution in [2.45, 2.75) is 25.7 Å². The second-order valence-corrected chi connectivity index (χ2v) is 9.31. The maximum absolute atomic E-state index is 13.3. The highest BCUT2D eigenvalue weighted by atomic mass is 35.5. The molecule has 1 aliphatic rings. The lowest BCUT2D eigenvalue weighted by Crippen LogP contribution is -2.40. The summed E-state index contributed by atoms with van der Waals surface area (Å²) in [5, 5.41) is 0.0998. The quantitative estimate of drug-likeness (QED) is 0.717. The smallest absolute Gasteiger partial charge is 0.258 e. The molecule has 6 nitrogen and oxygen atoms in total. The van der Waals surface area contributed by atoms with Gasteiger partial charge in [-0.2, -0.15) is 4.31 Å². The molecule has 0 aromatic heterocycles. The molecule has 0 N–H and O–H groups in total. The van der Waals surface area contributed by atoms with Gasteiger partial charge in [-0.1, -0.05) is 23.7 Å². The second-order valence-electron chi connectivity index (χ2n) is 7.00. The molecule has 0 unspecified atom stereocenters. The summed E-state index contributed by atoms with van der Waals surface area (Å²) < 4.78 is 32.7. The summed E-state index contributed by atoms with van der Waals surface area (Å²) in [7, 11) is -3.81. The van der Waals surface area contributed by atoms with Crippen LogP contribution in [0.1, 0.15) is 28.4 Å². The molecule has 156 valence electrons. The van der Waals surface area contributed by atoms with Crippen LogP contribution in [0.4, 0.5) is 5.69 Å². The SMILES string of the molecule is CCN(C(=O)c1ccc(Cl)c(S(=O)(=O)N2CCOCC2)c1)c1cc(C)ccc1C. The van der Waals surface area contributed by atoms with Crippen LogP contribution >= 0.6 is 11.6 Å². The molecule has 0 radical (unpaired) electrons. The summed E-state index contributed by atoms with van der Waals surface area (Å²) in [5.74, 6) is -0.267. The molecule has 1 amide bonds. The molecule has 0 bridgehead atoms. The highest BCUT2D eigenvalue weighted by Gasteiger charge is 2.30. The topological polar surface area (TPSA) is 66.9 Å². The maximum Gasteiger partial charge on any atom is 0.258 e. The van der Waals surface area contributed by atoms with E-state index in [4.69, 9.17) is 16.3 Å². The van der Waals surface area contributed by atoms with E-state index in [-0.39, 0.29) is 34.5 Å². The monoisotopic (exact) mass is 436 g/mol. The van der Waals surface area contributed by atoms with Crippen molar-refractivity contribution in [1.82, 2.24) is 4.31 Å². The first kappa shape index (κ1) is 21.8. The molecule has 1 saturated heterocycles. The van der Waals surface area contributed by atoms with Crippen LogP contribution in [0.3, 0.4) is 0 Å². The number of ether oxygens (including phenoxy) is 1. The molecule has 0 atom stereocenters. The number of aryl methyl sites for hydroxylation is 2.